The summed E-state index contributed by atoms with van der Waals surface area (Å²) in [4.78, 5) is 13.0. The zero-order chi connectivity index (χ0) is 28.6. The number of pyridine rings is 1. The summed E-state index contributed by atoms with van der Waals surface area (Å²) in [6.45, 7) is -0.0780. The summed E-state index contributed by atoms with van der Waals surface area (Å²) >= 11 is 6.67. The maximum absolute atomic E-state index is 9.47. The molecule has 5 rings (SSSR count). The van der Waals surface area contributed by atoms with Gasteiger partial charge in [0.05, 0.1) is 40.7 Å². The summed E-state index contributed by atoms with van der Waals surface area (Å²) in [7, 11) is 0. The number of nitriles is 1. The van der Waals surface area contributed by atoms with Gasteiger partial charge in [0.1, 0.15) is 24.8 Å². The van der Waals surface area contributed by atoms with Gasteiger partial charge in [0.15, 0.2) is 5.75 Å². The minimum absolute atomic E-state index is 0.136. The fourth-order valence-electron chi connectivity index (χ4n) is 4.26. The molecule has 2 heterocycles. The van der Waals surface area contributed by atoms with Gasteiger partial charge < -0.3 is 25.0 Å². The van der Waals surface area contributed by atoms with Gasteiger partial charge in [-0.05, 0) is 23.8 Å². The largest absolute Gasteiger partial charge is 0.488 e. The van der Waals surface area contributed by atoms with E-state index in [1.54, 1.807) is 24.4 Å². The first-order valence-electron chi connectivity index (χ1n) is 12.8. The first-order valence-corrected chi connectivity index (χ1v) is 13.2. The van der Waals surface area contributed by atoms with Crippen LogP contribution in [0.5, 0.6) is 17.4 Å². The van der Waals surface area contributed by atoms with E-state index < -0.39 is 6.04 Å². The zero-order valence-electron chi connectivity index (χ0n) is 21.9. The van der Waals surface area contributed by atoms with E-state index in [0.29, 0.717) is 44.5 Å². The van der Waals surface area contributed by atoms with E-state index in [1.165, 1.54) is 12.5 Å². The van der Waals surface area contributed by atoms with Crippen LogP contribution in [0.4, 0.5) is 0 Å². The highest BCUT2D eigenvalue weighted by Crippen LogP contribution is 2.38. The molecule has 2 aromatic heterocycles. The molecule has 0 fully saturated rings. The average molecular weight is 568 g/mol. The monoisotopic (exact) mass is 567 g/mol. The fourth-order valence-corrected chi connectivity index (χ4v) is 4.48. The van der Waals surface area contributed by atoms with Crippen molar-refractivity contribution in [2.24, 2.45) is 0 Å². The van der Waals surface area contributed by atoms with Crippen LogP contribution in [0.1, 0.15) is 16.7 Å². The summed E-state index contributed by atoms with van der Waals surface area (Å²) in [5, 5.41) is 32.3. The van der Waals surface area contributed by atoms with Crippen molar-refractivity contribution in [1.29, 1.82) is 5.26 Å². The first-order chi connectivity index (χ1) is 20.1. The minimum Gasteiger partial charge on any atom is -0.488 e. The molecule has 0 radical (unpaired) electrons. The lowest BCUT2D eigenvalue weighted by molar-refractivity contribution is 0.170. The van der Waals surface area contributed by atoms with Crippen LogP contribution in [0.15, 0.2) is 85.5 Å². The Morgan fingerprint density at radius 3 is 2.56 bits per heavy atom. The topological polar surface area (TPSA) is 133 Å². The van der Waals surface area contributed by atoms with Gasteiger partial charge in [0, 0.05) is 41.7 Å². The summed E-state index contributed by atoms with van der Waals surface area (Å²) in [5.41, 5.74) is 4.51. The van der Waals surface area contributed by atoms with E-state index in [4.69, 9.17) is 21.1 Å². The predicted octanol–water partition coefficient (Wildman–Crippen LogP) is 5.03. The smallest absolute Gasteiger partial charge is 0.230 e. The van der Waals surface area contributed by atoms with E-state index >= 15 is 0 Å². The maximum atomic E-state index is 9.47. The molecular weight excluding hydrogens is 542 g/mol. The molecule has 3 N–H and O–H groups in total. The number of nitrogens with one attached hydrogen (secondary N) is 1. The SMILES string of the molecule is N#Cc1cncc(COc2cc(Oc3ncnc4c(-c5ccccc5)cccc34)c(Cl)cc2CNC(CO)CO)c1. The Morgan fingerprint density at radius 2 is 1.78 bits per heavy atom. The molecular formula is C31H26ClN5O4. The Hall–Kier alpha value is -4.59. The third kappa shape index (κ3) is 6.60. The van der Waals surface area contributed by atoms with Crippen LogP contribution in [0.3, 0.4) is 0 Å². The standard InChI is InChI=1S/C31H26ClN5O4/c32-27-10-23(15-35-24(16-38)17-39)28(40-18-21-9-20(12-33)13-34-14-21)11-29(27)41-31-26-8-4-7-25(30(26)36-19-37-31)22-5-2-1-3-6-22/h1-11,13-14,19,24,35,38-39H,15-18H2. The molecule has 9 nitrogen and oxygen atoms in total. The van der Waals surface area contributed by atoms with E-state index in [1.807, 2.05) is 48.5 Å². The van der Waals surface area contributed by atoms with Crippen LogP contribution in [0.25, 0.3) is 22.0 Å². The summed E-state index contributed by atoms with van der Waals surface area (Å²) < 4.78 is 12.4. The van der Waals surface area contributed by atoms with E-state index in [-0.39, 0.29) is 26.4 Å². The maximum Gasteiger partial charge on any atom is 0.230 e. The molecule has 5 aromatic rings. The number of rotatable bonds is 11. The van der Waals surface area contributed by atoms with Crippen LogP contribution in [-0.2, 0) is 13.2 Å². The van der Waals surface area contributed by atoms with Gasteiger partial charge in [-0.1, -0.05) is 54.1 Å². The molecule has 41 heavy (non-hydrogen) atoms. The van der Waals surface area contributed by atoms with E-state index in [2.05, 4.69) is 26.3 Å². The molecule has 0 aliphatic carbocycles. The number of benzene rings is 3. The lowest BCUT2D eigenvalue weighted by Crippen LogP contribution is -2.35. The molecule has 0 unspecified atom stereocenters. The van der Waals surface area contributed by atoms with Gasteiger partial charge in [-0.3, -0.25) is 4.98 Å². The second-order valence-corrected chi connectivity index (χ2v) is 9.57. The molecule has 0 saturated heterocycles. The van der Waals surface area contributed by atoms with Crippen LogP contribution < -0.4 is 14.8 Å². The molecule has 0 aliphatic heterocycles. The highest BCUT2D eigenvalue weighted by Gasteiger charge is 2.17. The molecule has 0 aliphatic rings. The van der Waals surface area contributed by atoms with Crippen LogP contribution in [-0.4, -0.2) is 44.4 Å². The van der Waals surface area contributed by atoms with Crippen molar-refractivity contribution in [2.45, 2.75) is 19.2 Å². The van der Waals surface area contributed by atoms with Crippen molar-refractivity contribution in [2.75, 3.05) is 13.2 Å². The number of halogens is 1. The lowest BCUT2D eigenvalue weighted by atomic mass is 10.0. The first kappa shape index (κ1) is 28.0. The van der Waals surface area contributed by atoms with Gasteiger partial charge in [-0.15, -0.1) is 0 Å². The Balaban J connectivity index is 1.49. The van der Waals surface area contributed by atoms with Crippen LogP contribution in [0, 0.1) is 11.3 Å². The number of hydrogen-bond acceptors (Lipinski definition) is 9. The molecule has 0 amide bonds. The molecule has 0 atom stereocenters. The quantitative estimate of drug-likeness (QED) is 0.201. The molecule has 0 bridgehead atoms. The number of ether oxygens (including phenoxy) is 2. The van der Waals surface area contributed by atoms with Crippen LogP contribution >= 0.6 is 11.6 Å². The van der Waals surface area contributed by atoms with Crippen molar-refractivity contribution in [1.82, 2.24) is 20.3 Å². The van der Waals surface area contributed by atoms with Crippen molar-refractivity contribution < 1.29 is 19.7 Å². The highest BCUT2D eigenvalue weighted by molar-refractivity contribution is 6.32. The number of nitrogens with zero attached hydrogens (tertiary/aromatic N) is 4. The third-order valence-electron chi connectivity index (χ3n) is 6.37. The van der Waals surface area contributed by atoms with Crippen molar-refractivity contribution >= 4 is 22.5 Å². The molecule has 0 saturated carbocycles. The Morgan fingerprint density at radius 1 is 0.951 bits per heavy atom. The van der Waals surface area contributed by atoms with E-state index in [9.17, 15) is 15.5 Å². The predicted molar refractivity (Wildman–Crippen MR) is 155 cm³/mol. The summed E-state index contributed by atoms with van der Waals surface area (Å²) in [6.07, 6.45) is 4.55. The number of para-hydroxylation sites is 1. The van der Waals surface area contributed by atoms with Crippen LogP contribution in [0.2, 0.25) is 5.02 Å². The normalized spacial score (nSPS) is 11.0. The molecule has 0 spiro atoms. The Bertz CT molecular complexity index is 1690. The second kappa shape index (κ2) is 13.2. The molecule has 206 valence electrons. The zero-order valence-corrected chi connectivity index (χ0v) is 22.6. The Kier molecular flexibility index (Phi) is 8.98. The van der Waals surface area contributed by atoms with Gasteiger partial charge in [-0.25, -0.2) is 9.97 Å². The third-order valence-corrected chi connectivity index (χ3v) is 6.67. The summed E-state index contributed by atoms with van der Waals surface area (Å²) in [5.74, 6) is 1.11. The van der Waals surface area contributed by atoms with Crippen molar-refractivity contribution in [3.63, 3.8) is 0 Å². The molecule has 3 aromatic carbocycles. The number of aliphatic hydroxyl groups excluding tert-OH is 2. The van der Waals surface area contributed by atoms with Crippen molar-refractivity contribution in [3.8, 4) is 34.6 Å². The fraction of sp³-hybridized carbons (Fsp3) is 0.161. The van der Waals surface area contributed by atoms with Crippen molar-refractivity contribution in [3.05, 3.63) is 107 Å². The lowest BCUT2D eigenvalue weighted by Gasteiger charge is -2.18. The minimum atomic E-state index is -0.514. The van der Waals surface area contributed by atoms with Gasteiger partial charge in [-0.2, -0.15) is 5.26 Å². The second-order valence-electron chi connectivity index (χ2n) is 9.16. The summed E-state index contributed by atoms with van der Waals surface area (Å²) in [6, 6.07) is 22.4. The number of hydrogen-bond donors (Lipinski definition) is 3. The molecule has 10 heteroatoms. The van der Waals surface area contributed by atoms with Gasteiger partial charge in [0.2, 0.25) is 5.88 Å². The highest BCUT2D eigenvalue weighted by atomic mass is 35.5. The number of fused-ring (bicyclic) bond motifs is 1. The number of aliphatic hydroxyl groups is 2. The Labute approximate surface area is 241 Å². The average Bonchev–Trinajstić information content (AvgIpc) is 3.02. The van der Waals surface area contributed by atoms with E-state index in [0.717, 1.165) is 16.6 Å². The van der Waals surface area contributed by atoms with Gasteiger partial charge >= 0.3 is 0 Å². The van der Waals surface area contributed by atoms with Gasteiger partial charge in [0.25, 0.3) is 0 Å². The number of aromatic nitrogens is 3.